The average Bonchev–Trinajstić information content (AvgIpc) is 2.68. The molecule has 134 valence electrons. The Morgan fingerprint density at radius 3 is 2.46 bits per heavy atom. The van der Waals surface area contributed by atoms with Crippen LogP contribution < -0.4 is 15.1 Å². The summed E-state index contributed by atoms with van der Waals surface area (Å²) in [4.78, 5) is 30.4. The largest absolute Gasteiger partial charge is 0.497 e. The summed E-state index contributed by atoms with van der Waals surface area (Å²) >= 11 is 0. The van der Waals surface area contributed by atoms with E-state index in [1.807, 2.05) is 30.3 Å². The van der Waals surface area contributed by atoms with E-state index in [2.05, 4.69) is 0 Å². The summed E-state index contributed by atoms with van der Waals surface area (Å²) < 4.78 is 10.6. The Balaban J connectivity index is 2.18. The number of pyridine rings is 1. The lowest BCUT2D eigenvalue weighted by Crippen LogP contribution is -2.28. The molecule has 3 rings (SSSR count). The lowest BCUT2D eigenvalue weighted by Gasteiger charge is -2.15. The maximum Gasteiger partial charge on any atom is 0.344 e. The van der Waals surface area contributed by atoms with E-state index in [1.54, 1.807) is 6.07 Å². The highest BCUT2D eigenvalue weighted by Crippen LogP contribution is 2.27. The molecule has 0 saturated heterocycles. The Morgan fingerprint density at radius 2 is 1.81 bits per heavy atom. The van der Waals surface area contributed by atoms with Gasteiger partial charge in [-0.1, -0.05) is 30.3 Å². The number of fused-ring (bicyclic) bond motifs is 1. The van der Waals surface area contributed by atoms with Crippen molar-refractivity contribution >= 4 is 16.7 Å². The monoisotopic (exact) mass is 355 g/mol. The van der Waals surface area contributed by atoms with Crippen LogP contribution in [0.2, 0.25) is 0 Å². The minimum atomic E-state index is -0.783. The van der Waals surface area contributed by atoms with Crippen LogP contribution >= 0.6 is 0 Å². The van der Waals surface area contributed by atoms with Gasteiger partial charge in [0.15, 0.2) is 0 Å². The van der Waals surface area contributed by atoms with Gasteiger partial charge in [0.05, 0.1) is 19.6 Å². The molecular formula is C19H17NO6. The van der Waals surface area contributed by atoms with Crippen LogP contribution in [0.15, 0.2) is 53.3 Å². The number of carbonyl (C=O) groups excluding carboxylic acids is 1. The van der Waals surface area contributed by atoms with Gasteiger partial charge < -0.3 is 19.4 Å². The molecule has 26 heavy (non-hydrogen) atoms. The smallest absolute Gasteiger partial charge is 0.344 e. The molecule has 0 bridgehead atoms. The number of carbonyl (C=O) groups is 1. The molecule has 0 aliphatic heterocycles. The van der Waals surface area contributed by atoms with Crippen LogP contribution in [0, 0.1) is 0 Å². The molecule has 1 N–H and O–H groups in total. The Kier molecular flexibility index (Phi) is 4.79. The number of hydrogen-bond donors (Lipinski definition) is 1. The molecule has 0 unspecified atom stereocenters. The van der Waals surface area contributed by atoms with Gasteiger partial charge >= 0.3 is 5.97 Å². The fourth-order valence-electron chi connectivity index (χ4n) is 2.61. The summed E-state index contributed by atoms with van der Waals surface area (Å²) in [6.07, 6.45) is 0. The van der Waals surface area contributed by atoms with Gasteiger partial charge in [-0.2, -0.15) is 0 Å². The molecule has 1 aromatic heterocycles. The number of benzene rings is 2. The maximum atomic E-state index is 12.8. The summed E-state index contributed by atoms with van der Waals surface area (Å²) in [6.45, 7) is 0.0321. The van der Waals surface area contributed by atoms with Gasteiger partial charge in [0, 0.05) is 5.39 Å². The molecule has 0 aliphatic rings. The molecule has 7 nitrogen and oxygen atoms in total. The SMILES string of the molecule is COC(=O)c1c(O)n(OCc2ccccc2)c(=O)c2cc(OC)ccc12. The van der Waals surface area contributed by atoms with E-state index >= 15 is 0 Å². The molecule has 1 heterocycles. The first-order valence-corrected chi connectivity index (χ1v) is 7.78. The van der Waals surface area contributed by atoms with Crippen LogP contribution in [0.25, 0.3) is 10.8 Å². The van der Waals surface area contributed by atoms with Crippen molar-refractivity contribution in [1.29, 1.82) is 0 Å². The third-order valence-corrected chi connectivity index (χ3v) is 3.92. The Labute approximate surface area is 148 Å². The molecule has 0 amide bonds. The lowest BCUT2D eigenvalue weighted by atomic mass is 10.1. The van der Waals surface area contributed by atoms with E-state index in [0.717, 1.165) is 5.56 Å². The average molecular weight is 355 g/mol. The Morgan fingerprint density at radius 1 is 1.08 bits per heavy atom. The highest BCUT2D eigenvalue weighted by molar-refractivity contribution is 6.06. The van der Waals surface area contributed by atoms with Crippen molar-refractivity contribution in [2.24, 2.45) is 0 Å². The third-order valence-electron chi connectivity index (χ3n) is 3.92. The van der Waals surface area contributed by atoms with Crippen molar-refractivity contribution in [2.45, 2.75) is 6.61 Å². The van der Waals surface area contributed by atoms with E-state index in [0.29, 0.717) is 10.5 Å². The third kappa shape index (κ3) is 3.06. The number of esters is 1. The molecule has 0 radical (unpaired) electrons. The number of rotatable bonds is 5. The lowest BCUT2D eigenvalue weighted by molar-refractivity contribution is 0.0553. The second kappa shape index (κ2) is 7.18. The normalized spacial score (nSPS) is 10.5. The predicted octanol–water partition coefficient (Wildman–Crippen LogP) is 2.13. The minimum absolute atomic E-state index is 0.0321. The van der Waals surface area contributed by atoms with Gasteiger partial charge in [-0.15, -0.1) is 4.73 Å². The highest BCUT2D eigenvalue weighted by Gasteiger charge is 2.23. The number of nitrogens with zero attached hydrogens (tertiary/aromatic N) is 1. The minimum Gasteiger partial charge on any atom is -0.497 e. The topological polar surface area (TPSA) is 87.0 Å². The summed E-state index contributed by atoms with van der Waals surface area (Å²) in [5, 5.41) is 10.9. The van der Waals surface area contributed by atoms with E-state index < -0.39 is 17.4 Å². The van der Waals surface area contributed by atoms with Crippen molar-refractivity contribution in [1.82, 2.24) is 4.73 Å². The molecule has 0 saturated carbocycles. The first-order chi connectivity index (χ1) is 12.6. The molecule has 0 fully saturated rings. The quantitative estimate of drug-likeness (QED) is 0.706. The van der Waals surface area contributed by atoms with E-state index in [9.17, 15) is 14.7 Å². The Hall–Kier alpha value is -3.48. The number of aromatic hydroxyl groups is 1. The molecule has 2 aromatic carbocycles. The summed E-state index contributed by atoms with van der Waals surface area (Å²) in [7, 11) is 2.66. The summed E-state index contributed by atoms with van der Waals surface area (Å²) in [5.74, 6) is -0.962. The van der Waals surface area contributed by atoms with Crippen LogP contribution in [0.3, 0.4) is 0 Å². The zero-order valence-electron chi connectivity index (χ0n) is 14.3. The van der Waals surface area contributed by atoms with Gasteiger partial charge in [0.25, 0.3) is 5.56 Å². The summed E-state index contributed by atoms with van der Waals surface area (Å²) in [6, 6.07) is 13.7. The standard InChI is InChI=1S/C19H17NO6/c1-24-13-8-9-14-15(10-13)17(21)20(18(22)16(14)19(23)25-2)26-11-12-6-4-3-5-7-12/h3-10,22H,11H2,1-2H3. The van der Waals surface area contributed by atoms with Crippen molar-refractivity contribution in [3.8, 4) is 11.6 Å². The van der Waals surface area contributed by atoms with E-state index in [-0.39, 0.29) is 22.9 Å². The van der Waals surface area contributed by atoms with Crippen LogP contribution in [0.4, 0.5) is 0 Å². The molecule has 7 heteroatoms. The second-order valence-electron chi connectivity index (χ2n) is 5.46. The number of hydrogen-bond acceptors (Lipinski definition) is 6. The van der Waals surface area contributed by atoms with Gasteiger partial charge in [-0.3, -0.25) is 4.79 Å². The number of methoxy groups -OCH3 is 2. The van der Waals surface area contributed by atoms with E-state index in [1.165, 1.54) is 26.4 Å². The van der Waals surface area contributed by atoms with Crippen molar-refractivity contribution < 1.29 is 24.2 Å². The maximum absolute atomic E-state index is 12.8. The summed E-state index contributed by atoms with van der Waals surface area (Å²) in [5.41, 5.74) is 0.0296. The fraction of sp³-hybridized carbons (Fsp3) is 0.158. The molecule has 0 aliphatic carbocycles. The van der Waals surface area contributed by atoms with Crippen LogP contribution in [0.1, 0.15) is 15.9 Å². The zero-order chi connectivity index (χ0) is 18.7. The van der Waals surface area contributed by atoms with Crippen LogP contribution in [-0.4, -0.2) is 30.0 Å². The van der Waals surface area contributed by atoms with E-state index in [4.69, 9.17) is 14.3 Å². The molecule has 3 aromatic rings. The van der Waals surface area contributed by atoms with Crippen molar-refractivity contribution in [3.05, 3.63) is 70.0 Å². The zero-order valence-corrected chi connectivity index (χ0v) is 14.3. The van der Waals surface area contributed by atoms with Gasteiger partial charge in [0.1, 0.15) is 17.9 Å². The van der Waals surface area contributed by atoms with Gasteiger partial charge in [-0.25, -0.2) is 4.79 Å². The van der Waals surface area contributed by atoms with Gasteiger partial charge in [0.2, 0.25) is 5.88 Å². The molecule has 0 atom stereocenters. The number of ether oxygens (including phenoxy) is 2. The Bertz CT molecular complexity index is 1010. The van der Waals surface area contributed by atoms with Crippen LogP contribution in [0.5, 0.6) is 11.6 Å². The first kappa shape index (κ1) is 17.3. The number of aromatic nitrogens is 1. The predicted molar refractivity (Wildman–Crippen MR) is 94.5 cm³/mol. The fourth-order valence-corrected chi connectivity index (χ4v) is 2.61. The van der Waals surface area contributed by atoms with Gasteiger partial charge in [-0.05, 0) is 23.8 Å². The van der Waals surface area contributed by atoms with Crippen molar-refractivity contribution in [2.75, 3.05) is 14.2 Å². The van der Waals surface area contributed by atoms with Crippen molar-refractivity contribution in [3.63, 3.8) is 0 Å². The van der Waals surface area contributed by atoms with Crippen LogP contribution in [-0.2, 0) is 11.3 Å². The second-order valence-corrected chi connectivity index (χ2v) is 5.46. The molecule has 0 spiro atoms. The highest BCUT2D eigenvalue weighted by atomic mass is 16.7. The first-order valence-electron chi connectivity index (χ1n) is 7.78. The molecular weight excluding hydrogens is 338 g/mol.